The number of amides is 1. The number of morpholine rings is 1. The molecule has 1 N–H and O–H groups in total. The monoisotopic (exact) mass is 474 g/mol. The van der Waals surface area contributed by atoms with Crippen LogP contribution in [0.5, 0.6) is 5.75 Å². The Balaban J connectivity index is 1.43. The number of carbonyl (C=O) groups is 1. The normalized spacial score (nSPS) is 15.1. The Morgan fingerprint density at radius 3 is 2.40 bits per heavy atom. The quantitative estimate of drug-likeness (QED) is 0.650. The molecule has 30 heavy (non-hydrogen) atoms. The lowest BCUT2D eigenvalue weighted by molar-refractivity contribution is -0.123. The summed E-state index contributed by atoms with van der Waals surface area (Å²) in [6.45, 7) is 11.5. The van der Waals surface area contributed by atoms with Crippen LogP contribution >= 0.6 is 15.9 Å². The van der Waals surface area contributed by atoms with Crippen molar-refractivity contribution in [1.29, 1.82) is 0 Å². The van der Waals surface area contributed by atoms with Crippen LogP contribution in [-0.2, 0) is 28.0 Å². The summed E-state index contributed by atoms with van der Waals surface area (Å²) in [5, 5.41) is 2.92. The SMILES string of the molecule is CC(C)(C)c1ccc(OCC(=O)NCc2ccc(CN3CCOCC3)cc2)c(Br)c1. The van der Waals surface area contributed by atoms with Crippen molar-refractivity contribution in [3.05, 3.63) is 63.6 Å². The molecule has 1 aliphatic rings. The minimum absolute atomic E-state index is 0.0113. The van der Waals surface area contributed by atoms with E-state index in [2.05, 4.69) is 71.2 Å². The molecule has 3 rings (SSSR count). The Morgan fingerprint density at radius 1 is 1.10 bits per heavy atom. The summed E-state index contributed by atoms with van der Waals surface area (Å²) >= 11 is 3.54. The highest BCUT2D eigenvalue weighted by molar-refractivity contribution is 9.10. The van der Waals surface area contributed by atoms with Gasteiger partial charge in [0.15, 0.2) is 6.61 Å². The van der Waals surface area contributed by atoms with Crippen LogP contribution in [0.25, 0.3) is 0 Å². The van der Waals surface area contributed by atoms with Gasteiger partial charge in [0.1, 0.15) is 5.75 Å². The number of benzene rings is 2. The van der Waals surface area contributed by atoms with Crippen molar-refractivity contribution in [2.24, 2.45) is 0 Å². The number of carbonyl (C=O) groups excluding carboxylic acids is 1. The number of ether oxygens (including phenoxy) is 2. The number of nitrogens with zero attached hydrogens (tertiary/aromatic N) is 1. The molecule has 5 nitrogen and oxygen atoms in total. The van der Waals surface area contributed by atoms with E-state index >= 15 is 0 Å². The number of nitrogens with one attached hydrogen (secondary N) is 1. The third kappa shape index (κ3) is 6.83. The minimum atomic E-state index is -0.140. The molecule has 1 fully saturated rings. The van der Waals surface area contributed by atoms with E-state index in [9.17, 15) is 4.79 Å². The molecule has 0 bridgehead atoms. The van der Waals surface area contributed by atoms with Crippen LogP contribution in [0.4, 0.5) is 0 Å². The van der Waals surface area contributed by atoms with Crippen molar-refractivity contribution in [3.8, 4) is 5.75 Å². The number of hydrogen-bond donors (Lipinski definition) is 1. The number of hydrogen-bond acceptors (Lipinski definition) is 4. The molecule has 2 aromatic rings. The highest BCUT2D eigenvalue weighted by atomic mass is 79.9. The Labute approximate surface area is 187 Å². The van der Waals surface area contributed by atoms with Crippen LogP contribution in [0.3, 0.4) is 0 Å². The molecular formula is C24H31BrN2O3. The molecule has 1 aliphatic heterocycles. The zero-order valence-corrected chi connectivity index (χ0v) is 19.6. The van der Waals surface area contributed by atoms with Crippen molar-refractivity contribution >= 4 is 21.8 Å². The molecule has 162 valence electrons. The number of halogens is 1. The summed E-state index contributed by atoms with van der Waals surface area (Å²) < 4.78 is 11.9. The molecule has 0 aromatic heterocycles. The predicted octanol–water partition coefficient (Wildman–Crippen LogP) is 4.27. The van der Waals surface area contributed by atoms with Crippen LogP contribution in [0.2, 0.25) is 0 Å². The first-order valence-electron chi connectivity index (χ1n) is 10.4. The minimum Gasteiger partial charge on any atom is -0.483 e. The second-order valence-corrected chi connectivity index (χ2v) is 9.52. The first-order chi connectivity index (χ1) is 14.3. The standard InChI is InChI=1S/C24H31BrN2O3/c1-24(2,3)20-8-9-22(21(25)14-20)30-17-23(28)26-15-18-4-6-19(7-5-18)16-27-10-12-29-13-11-27/h4-9,14H,10-13,15-17H2,1-3H3,(H,26,28). The fourth-order valence-corrected chi connectivity index (χ4v) is 3.75. The van der Waals surface area contributed by atoms with Crippen molar-refractivity contribution in [1.82, 2.24) is 10.2 Å². The van der Waals surface area contributed by atoms with Gasteiger partial charge in [-0.15, -0.1) is 0 Å². The lowest BCUT2D eigenvalue weighted by atomic mass is 9.87. The summed E-state index contributed by atoms with van der Waals surface area (Å²) in [5.41, 5.74) is 3.63. The molecule has 0 unspecified atom stereocenters. The summed E-state index contributed by atoms with van der Waals surface area (Å²) in [6, 6.07) is 14.4. The van der Waals surface area contributed by atoms with E-state index in [1.807, 2.05) is 18.2 Å². The van der Waals surface area contributed by atoms with Gasteiger partial charge in [0, 0.05) is 26.2 Å². The van der Waals surface area contributed by atoms with Gasteiger partial charge in [0.25, 0.3) is 5.91 Å². The van der Waals surface area contributed by atoms with E-state index in [4.69, 9.17) is 9.47 Å². The summed E-state index contributed by atoms with van der Waals surface area (Å²) in [5.74, 6) is 0.532. The molecule has 6 heteroatoms. The van der Waals surface area contributed by atoms with Crippen LogP contribution in [0.15, 0.2) is 46.9 Å². The average molecular weight is 475 g/mol. The van der Waals surface area contributed by atoms with E-state index in [0.29, 0.717) is 12.3 Å². The maximum atomic E-state index is 12.2. The molecular weight excluding hydrogens is 444 g/mol. The first kappa shape index (κ1) is 22.8. The van der Waals surface area contributed by atoms with Gasteiger partial charge in [-0.05, 0) is 50.2 Å². The highest BCUT2D eigenvalue weighted by Gasteiger charge is 2.16. The van der Waals surface area contributed by atoms with Crippen molar-refractivity contribution in [3.63, 3.8) is 0 Å². The molecule has 0 atom stereocenters. The Morgan fingerprint density at radius 2 is 1.77 bits per heavy atom. The Hall–Kier alpha value is -1.89. The summed E-state index contributed by atoms with van der Waals surface area (Å²) in [7, 11) is 0. The van der Waals surface area contributed by atoms with Gasteiger partial charge < -0.3 is 14.8 Å². The van der Waals surface area contributed by atoms with Crippen LogP contribution < -0.4 is 10.1 Å². The van der Waals surface area contributed by atoms with Gasteiger partial charge in [0.2, 0.25) is 0 Å². The zero-order valence-electron chi connectivity index (χ0n) is 18.0. The van der Waals surface area contributed by atoms with Crippen LogP contribution in [-0.4, -0.2) is 43.7 Å². The average Bonchev–Trinajstić information content (AvgIpc) is 2.72. The Bertz CT molecular complexity index is 841. The molecule has 0 aliphatic carbocycles. The molecule has 1 amide bonds. The van der Waals surface area contributed by atoms with Gasteiger partial charge in [-0.2, -0.15) is 0 Å². The highest BCUT2D eigenvalue weighted by Crippen LogP contribution is 2.31. The van der Waals surface area contributed by atoms with Gasteiger partial charge >= 0.3 is 0 Å². The lowest BCUT2D eigenvalue weighted by Crippen LogP contribution is -2.35. The Kier molecular flexibility index (Phi) is 7.92. The summed E-state index contributed by atoms with van der Waals surface area (Å²) in [6.07, 6.45) is 0. The maximum absolute atomic E-state index is 12.2. The van der Waals surface area contributed by atoms with Gasteiger partial charge in [-0.1, -0.05) is 51.1 Å². The molecule has 1 heterocycles. The largest absolute Gasteiger partial charge is 0.483 e. The smallest absolute Gasteiger partial charge is 0.258 e. The molecule has 0 saturated carbocycles. The van der Waals surface area contributed by atoms with Gasteiger partial charge in [0.05, 0.1) is 17.7 Å². The van der Waals surface area contributed by atoms with Gasteiger partial charge in [-0.25, -0.2) is 0 Å². The zero-order chi connectivity index (χ0) is 21.6. The maximum Gasteiger partial charge on any atom is 0.258 e. The van der Waals surface area contributed by atoms with Gasteiger partial charge in [-0.3, -0.25) is 9.69 Å². The third-order valence-electron chi connectivity index (χ3n) is 5.18. The topological polar surface area (TPSA) is 50.8 Å². The fourth-order valence-electron chi connectivity index (χ4n) is 3.26. The van der Waals surface area contributed by atoms with Crippen LogP contribution in [0, 0.1) is 0 Å². The van der Waals surface area contributed by atoms with E-state index in [0.717, 1.165) is 42.9 Å². The fraction of sp³-hybridized carbons (Fsp3) is 0.458. The van der Waals surface area contributed by atoms with E-state index < -0.39 is 0 Å². The summed E-state index contributed by atoms with van der Waals surface area (Å²) in [4.78, 5) is 14.6. The number of rotatable bonds is 7. The van der Waals surface area contributed by atoms with Crippen molar-refractivity contribution in [2.45, 2.75) is 39.3 Å². The predicted molar refractivity (Wildman–Crippen MR) is 123 cm³/mol. The molecule has 2 aromatic carbocycles. The van der Waals surface area contributed by atoms with E-state index in [1.165, 1.54) is 11.1 Å². The lowest BCUT2D eigenvalue weighted by Gasteiger charge is -2.26. The second-order valence-electron chi connectivity index (χ2n) is 8.67. The van der Waals surface area contributed by atoms with Crippen LogP contribution in [0.1, 0.15) is 37.5 Å². The molecule has 0 radical (unpaired) electrons. The van der Waals surface area contributed by atoms with Crippen molar-refractivity contribution < 1.29 is 14.3 Å². The molecule has 0 spiro atoms. The first-order valence-corrected chi connectivity index (χ1v) is 11.2. The third-order valence-corrected chi connectivity index (χ3v) is 5.80. The van der Waals surface area contributed by atoms with E-state index in [1.54, 1.807) is 0 Å². The second kappa shape index (κ2) is 10.4. The molecule has 1 saturated heterocycles. The van der Waals surface area contributed by atoms with E-state index in [-0.39, 0.29) is 17.9 Å². The van der Waals surface area contributed by atoms with Crippen molar-refractivity contribution in [2.75, 3.05) is 32.9 Å².